The number of nitrogens with zero attached hydrogens (tertiary/aromatic N) is 3. The fourth-order valence-electron chi connectivity index (χ4n) is 3.45. The molecule has 0 aromatic heterocycles. The van der Waals surface area contributed by atoms with E-state index in [-0.39, 0.29) is 23.8 Å². The maximum Gasteiger partial charge on any atom is 0.282 e. The molecule has 0 fully saturated rings. The number of carbonyl (C=O) groups is 2. The lowest BCUT2D eigenvalue weighted by Crippen LogP contribution is -2.36. The van der Waals surface area contributed by atoms with Crippen molar-refractivity contribution in [3.05, 3.63) is 75.3 Å². The van der Waals surface area contributed by atoms with Crippen molar-refractivity contribution in [2.24, 2.45) is 5.10 Å². The van der Waals surface area contributed by atoms with Crippen LogP contribution in [0.1, 0.15) is 26.3 Å². The molecule has 2 aliphatic rings. The molecule has 0 aliphatic carbocycles. The van der Waals surface area contributed by atoms with E-state index in [9.17, 15) is 19.7 Å². The Morgan fingerprint density at radius 3 is 2.24 bits per heavy atom. The zero-order valence-corrected chi connectivity index (χ0v) is 14.7. The number of nitro benzene ring substituents is 1. The molecule has 29 heavy (non-hydrogen) atoms. The van der Waals surface area contributed by atoms with Gasteiger partial charge in [-0.3, -0.25) is 19.7 Å². The van der Waals surface area contributed by atoms with Crippen LogP contribution in [0, 0.1) is 10.1 Å². The highest BCUT2D eigenvalue weighted by atomic mass is 16.7. The standard InChI is InChI=1S/C20H11N3O6/c24-19-13-5-1-3-11-4-2-6-14(18(11)13)20(25)22(19)21-9-12-7-16-17(29-10-28-16)8-15(12)23(26)27/h1-9H,10H2/b21-9-. The van der Waals surface area contributed by atoms with Gasteiger partial charge in [0.25, 0.3) is 17.5 Å². The third-order valence-corrected chi connectivity index (χ3v) is 4.78. The van der Waals surface area contributed by atoms with E-state index in [1.807, 2.05) is 12.1 Å². The summed E-state index contributed by atoms with van der Waals surface area (Å²) in [5.74, 6) is -0.624. The Labute approximate surface area is 162 Å². The monoisotopic (exact) mass is 389 g/mol. The maximum atomic E-state index is 12.9. The molecular weight excluding hydrogens is 378 g/mol. The minimum atomic E-state index is -0.598. The second-order valence-electron chi connectivity index (χ2n) is 6.40. The van der Waals surface area contributed by atoms with Gasteiger partial charge in [-0.05, 0) is 23.6 Å². The average Bonchev–Trinajstić information content (AvgIpc) is 3.18. The van der Waals surface area contributed by atoms with E-state index >= 15 is 0 Å². The normalized spacial score (nSPS) is 14.8. The van der Waals surface area contributed by atoms with Gasteiger partial charge in [0.1, 0.15) is 0 Å². The minimum Gasteiger partial charge on any atom is -0.454 e. The first-order valence-electron chi connectivity index (χ1n) is 8.57. The Bertz CT molecular complexity index is 1220. The van der Waals surface area contributed by atoms with Crippen LogP contribution >= 0.6 is 0 Å². The van der Waals surface area contributed by atoms with E-state index < -0.39 is 16.7 Å². The molecule has 0 saturated carbocycles. The van der Waals surface area contributed by atoms with Crippen LogP contribution < -0.4 is 9.47 Å². The van der Waals surface area contributed by atoms with E-state index in [1.165, 1.54) is 12.1 Å². The summed E-state index contributed by atoms with van der Waals surface area (Å²) in [6, 6.07) is 12.9. The summed E-state index contributed by atoms with van der Waals surface area (Å²) in [7, 11) is 0. The number of hydrogen-bond donors (Lipinski definition) is 0. The van der Waals surface area contributed by atoms with Gasteiger partial charge in [0.15, 0.2) is 11.5 Å². The van der Waals surface area contributed by atoms with Crippen LogP contribution in [0.3, 0.4) is 0 Å². The highest BCUT2D eigenvalue weighted by Crippen LogP contribution is 2.37. The molecule has 2 aliphatic heterocycles. The molecule has 5 rings (SSSR count). The molecule has 3 aromatic carbocycles. The van der Waals surface area contributed by atoms with Crippen molar-refractivity contribution in [3.63, 3.8) is 0 Å². The summed E-state index contributed by atoms with van der Waals surface area (Å²) in [4.78, 5) is 36.5. The third-order valence-electron chi connectivity index (χ3n) is 4.78. The topological polar surface area (TPSA) is 111 Å². The van der Waals surface area contributed by atoms with Gasteiger partial charge in [-0.1, -0.05) is 24.3 Å². The van der Waals surface area contributed by atoms with Gasteiger partial charge >= 0.3 is 0 Å². The zero-order valence-electron chi connectivity index (χ0n) is 14.7. The molecule has 0 atom stereocenters. The Hall–Kier alpha value is -4.27. The molecule has 0 N–H and O–H groups in total. The number of ether oxygens (including phenoxy) is 2. The number of hydrazone groups is 1. The molecule has 3 aromatic rings. The maximum absolute atomic E-state index is 12.9. The van der Waals surface area contributed by atoms with Crippen molar-refractivity contribution in [3.8, 4) is 11.5 Å². The van der Waals surface area contributed by atoms with Crippen LogP contribution in [-0.4, -0.2) is 34.8 Å². The largest absolute Gasteiger partial charge is 0.454 e. The molecule has 2 heterocycles. The number of benzene rings is 3. The van der Waals surface area contributed by atoms with E-state index in [2.05, 4.69) is 5.10 Å². The molecule has 0 spiro atoms. The fourth-order valence-corrected chi connectivity index (χ4v) is 3.45. The summed E-state index contributed by atoms with van der Waals surface area (Å²) in [6.07, 6.45) is 1.10. The lowest BCUT2D eigenvalue weighted by Gasteiger charge is -2.22. The Kier molecular flexibility index (Phi) is 3.56. The molecule has 2 amide bonds. The number of imide groups is 1. The predicted molar refractivity (Wildman–Crippen MR) is 101 cm³/mol. The SMILES string of the molecule is O=C1c2cccc3cccc(c23)C(=O)N1/N=C\c1cc2c(cc1[N+](=O)[O-])OCO2. The van der Waals surface area contributed by atoms with Crippen molar-refractivity contribution in [1.82, 2.24) is 5.01 Å². The smallest absolute Gasteiger partial charge is 0.282 e. The average molecular weight is 389 g/mol. The second kappa shape index (κ2) is 6.13. The molecule has 9 nitrogen and oxygen atoms in total. The molecule has 142 valence electrons. The van der Waals surface area contributed by atoms with Gasteiger partial charge in [0.2, 0.25) is 6.79 Å². The number of carbonyl (C=O) groups excluding carboxylic acids is 2. The first kappa shape index (κ1) is 16.9. The Morgan fingerprint density at radius 2 is 1.62 bits per heavy atom. The summed E-state index contributed by atoms with van der Waals surface area (Å²) < 4.78 is 10.4. The minimum absolute atomic E-state index is 0.0447. The van der Waals surface area contributed by atoms with E-state index in [0.29, 0.717) is 27.3 Å². The van der Waals surface area contributed by atoms with Crippen LogP contribution in [0.2, 0.25) is 0 Å². The zero-order chi connectivity index (χ0) is 20.1. The first-order valence-corrected chi connectivity index (χ1v) is 8.57. The highest BCUT2D eigenvalue weighted by Gasteiger charge is 2.33. The number of hydrogen-bond acceptors (Lipinski definition) is 7. The number of nitro groups is 1. The van der Waals surface area contributed by atoms with Crippen molar-refractivity contribution in [2.75, 3.05) is 6.79 Å². The van der Waals surface area contributed by atoms with E-state index in [1.54, 1.807) is 24.3 Å². The van der Waals surface area contributed by atoms with E-state index in [4.69, 9.17) is 9.47 Å². The molecule has 0 saturated heterocycles. The van der Waals surface area contributed by atoms with E-state index in [0.717, 1.165) is 11.6 Å². The van der Waals surface area contributed by atoms with Crippen molar-refractivity contribution in [1.29, 1.82) is 0 Å². The molecular formula is C20H11N3O6. The Balaban J connectivity index is 1.58. The van der Waals surface area contributed by atoms with Gasteiger partial charge in [-0.15, -0.1) is 0 Å². The fraction of sp³-hybridized carbons (Fsp3) is 0.0500. The Morgan fingerprint density at radius 1 is 1.00 bits per heavy atom. The van der Waals surface area contributed by atoms with Gasteiger partial charge in [0.05, 0.1) is 33.9 Å². The van der Waals surface area contributed by atoms with Gasteiger partial charge in [0, 0.05) is 5.39 Å². The summed E-state index contributed by atoms with van der Waals surface area (Å²) in [5, 5.41) is 17.4. The molecule has 0 bridgehead atoms. The van der Waals surface area contributed by atoms with Crippen molar-refractivity contribution < 1.29 is 24.0 Å². The highest BCUT2D eigenvalue weighted by molar-refractivity contribution is 6.25. The first-order chi connectivity index (χ1) is 14.0. The lowest BCUT2D eigenvalue weighted by atomic mass is 9.95. The summed E-state index contributed by atoms with van der Waals surface area (Å²) >= 11 is 0. The molecule has 0 unspecified atom stereocenters. The predicted octanol–water partition coefficient (Wildman–Crippen LogP) is 3.11. The second-order valence-corrected chi connectivity index (χ2v) is 6.40. The van der Waals surface area contributed by atoms with Crippen LogP contribution in [0.5, 0.6) is 11.5 Å². The summed E-state index contributed by atoms with van der Waals surface area (Å²) in [5.41, 5.74) is 0.486. The van der Waals surface area contributed by atoms with Crippen LogP contribution in [-0.2, 0) is 0 Å². The third kappa shape index (κ3) is 2.52. The quantitative estimate of drug-likeness (QED) is 0.294. The van der Waals surface area contributed by atoms with Crippen LogP contribution in [0.4, 0.5) is 5.69 Å². The summed E-state index contributed by atoms with van der Waals surface area (Å²) in [6.45, 7) is -0.0447. The number of rotatable bonds is 3. The van der Waals surface area contributed by atoms with Gasteiger partial charge < -0.3 is 9.47 Å². The number of fused-ring (bicyclic) bond motifs is 1. The lowest BCUT2D eigenvalue weighted by molar-refractivity contribution is -0.385. The van der Waals surface area contributed by atoms with Crippen LogP contribution in [0.15, 0.2) is 53.6 Å². The molecule has 9 heteroatoms. The molecule has 0 radical (unpaired) electrons. The van der Waals surface area contributed by atoms with Gasteiger partial charge in [-0.2, -0.15) is 10.1 Å². The van der Waals surface area contributed by atoms with Crippen molar-refractivity contribution >= 4 is 34.5 Å². The van der Waals surface area contributed by atoms with Gasteiger partial charge in [-0.25, -0.2) is 0 Å². The van der Waals surface area contributed by atoms with Crippen LogP contribution in [0.25, 0.3) is 10.8 Å². The number of amides is 2. The van der Waals surface area contributed by atoms with Crippen molar-refractivity contribution in [2.45, 2.75) is 0 Å².